The van der Waals surface area contributed by atoms with E-state index in [0.717, 1.165) is 0 Å². The molecule has 0 saturated carbocycles. The summed E-state index contributed by atoms with van der Waals surface area (Å²) in [5.41, 5.74) is -0.612. The fraction of sp³-hybridized carbons (Fsp3) is 0.900. The first-order valence-corrected chi connectivity index (χ1v) is 4.56. The molecule has 0 saturated heterocycles. The van der Waals surface area contributed by atoms with Gasteiger partial charge >= 0.3 is 6.16 Å². The van der Waals surface area contributed by atoms with Gasteiger partial charge in [0.25, 0.3) is 0 Å². The standard InChI is InChI=1S/C10H20O3/c1-7-12-8(11)13-10(5,6)9(2,3)4/h7H2,1-6H3. The maximum atomic E-state index is 11.1. The van der Waals surface area contributed by atoms with Gasteiger partial charge in [-0.05, 0) is 20.8 Å². The Bertz CT molecular complexity index is 177. The van der Waals surface area contributed by atoms with Crippen LogP contribution in [0.25, 0.3) is 0 Å². The molecule has 0 bridgehead atoms. The Hall–Kier alpha value is -0.730. The van der Waals surface area contributed by atoms with E-state index in [2.05, 4.69) is 0 Å². The molecule has 0 radical (unpaired) electrons. The number of carbonyl (C=O) groups excluding carboxylic acids is 1. The fourth-order valence-electron chi connectivity index (χ4n) is 0.509. The van der Waals surface area contributed by atoms with Gasteiger partial charge < -0.3 is 9.47 Å². The average Bonchev–Trinajstić information content (AvgIpc) is 1.83. The number of rotatable bonds is 2. The quantitative estimate of drug-likeness (QED) is 0.625. The predicted octanol–water partition coefficient (Wildman–Crippen LogP) is 2.98. The summed E-state index contributed by atoms with van der Waals surface area (Å²) >= 11 is 0. The van der Waals surface area contributed by atoms with Crippen molar-refractivity contribution in [2.45, 2.75) is 47.1 Å². The van der Waals surface area contributed by atoms with Crippen molar-refractivity contribution in [3.8, 4) is 0 Å². The van der Waals surface area contributed by atoms with Crippen molar-refractivity contribution in [1.82, 2.24) is 0 Å². The molecule has 0 aliphatic carbocycles. The highest BCUT2D eigenvalue weighted by molar-refractivity contribution is 5.60. The second-order valence-corrected chi connectivity index (χ2v) is 4.55. The summed E-state index contributed by atoms with van der Waals surface area (Å²) in [7, 11) is 0. The highest BCUT2D eigenvalue weighted by Crippen LogP contribution is 2.33. The molecule has 78 valence electrons. The van der Waals surface area contributed by atoms with Gasteiger partial charge in [-0.15, -0.1) is 0 Å². The van der Waals surface area contributed by atoms with Crippen molar-refractivity contribution in [3.05, 3.63) is 0 Å². The number of ether oxygens (including phenoxy) is 2. The summed E-state index contributed by atoms with van der Waals surface area (Å²) < 4.78 is 9.89. The van der Waals surface area contributed by atoms with Crippen molar-refractivity contribution in [1.29, 1.82) is 0 Å². The van der Waals surface area contributed by atoms with E-state index in [0.29, 0.717) is 6.61 Å². The topological polar surface area (TPSA) is 35.5 Å². The number of carbonyl (C=O) groups is 1. The first kappa shape index (κ1) is 12.3. The zero-order valence-electron chi connectivity index (χ0n) is 9.43. The lowest BCUT2D eigenvalue weighted by Crippen LogP contribution is -2.41. The molecule has 0 aromatic carbocycles. The van der Waals surface area contributed by atoms with Gasteiger partial charge in [0, 0.05) is 5.41 Å². The van der Waals surface area contributed by atoms with Crippen LogP contribution in [0.1, 0.15) is 41.5 Å². The summed E-state index contributed by atoms with van der Waals surface area (Å²) in [6.45, 7) is 11.9. The van der Waals surface area contributed by atoms with Gasteiger partial charge in [0.15, 0.2) is 0 Å². The van der Waals surface area contributed by atoms with Crippen LogP contribution in [0.4, 0.5) is 4.79 Å². The van der Waals surface area contributed by atoms with Gasteiger partial charge in [0.2, 0.25) is 0 Å². The van der Waals surface area contributed by atoms with Crippen LogP contribution in [0.15, 0.2) is 0 Å². The molecule has 0 aromatic rings. The normalized spacial score (nSPS) is 12.5. The third-order valence-electron chi connectivity index (χ3n) is 2.41. The lowest BCUT2D eigenvalue weighted by Gasteiger charge is -2.37. The molecule has 0 aliphatic rings. The van der Waals surface area contributed by atoms with Crippen molar-refractivity contribution in [2.75, 3.05) is 6.61 Å². The Morgan fingerprint density at radius 3 is 1.92 bits per heavy atom. The average molecular weight is 188 g/mol. The second-order valence-electron chi connectivity index (χ2n) is 4.55. The smallest absolute Gasteiger partial charge is 0.435 e. The molecule has 0 fully saturated rings. The van der Waals surface area contributed by atoms with Crippen molar-refractivity contribution < 1.29 is 14.3 Å². The summed E-state index contributed by atoms with van der Waals surface area (Å²) in [4.78, 5) is 11.1. The largest absolute Gasteiger partial charge is 0.508 e. The Labute approximate surface area is 80.4 Å². The molecule has 3 heteroatoms. The minimum atomic E-state index is -0.595. The molecule has 0 aliphatic heterocycles. The highest BCUT2D eigenvalue weighted by atomic mass is 16.7. The molecule has 0 aromatic heterocycles. The Morgan fingerprint density at radius 2 is 1.62 bits per heavy atom. The van der Waals surface area contributed by atoms with E-state index in [9.17, 15) is 4.79 Å². The van der Waals surface area contributed by atoms with Gasteiger partial charge in [-0.3, -0.25) is 0 Å². The predicted molar refractivity (Wildman–Crippen MR) is 51.6 cm³/mol. The summed E-state index contributed by atoms with van der Waals surface area (Å²) in [5.74, 6) is 0. The Kier molecular flexibility index (Phi) is 3.76. The van der Waals surface area contributed by atoms with E-state index in [-0.39, 0.29) is 5.41 Å². The molecule has 0 atom stereocenters. The van der Waals surface area contributed by atoms with Crippen LogP contribution in [-0.4, -0.2) is 18.4 Å². The van der Waals surface area contributed by atoms with E-state index in [1.165, 1.54) is 0 Å². The van der Waals surface area contributed by atoms with Gasteiger partial charge in [-0.2, -0.15) is 0 Å². The molecular weight excluding hydrogens is 168 g/mol. The second kappa shape index (κ2) is 3.99. The van der Waals surface area contributed by atoms with E-state index in [1.54, 1.807) is 6.92 Å². The summed E-state index contributed by atoms with van der Waals surface area (Å²) in [6, 6.07) is 0. The van der Waals surface area contributed by atoms with Gasteiger partial charge in [-0.25, -0.2) is 4.79 Å². The molecular formula is C10H20O3. The van der Waals surface area contributed by atoms with Crippen molar-refractivity contribution >= 4 is 6.16 Å². The molecule has 13 heavy (non-hydrogen) atoms. The van der Waals surface area contributed by atoms with Crippen LogP contribution in [0.5, 0.6) is 0 Å². The van der Waals surface area contributed by atoms with Crippen LogP contribution in [-0.2, 0) is 9.47 Å². The van der Waals surface area contributed by atoms with Crippen LogP contribution in [0.3, 0.4) is 0 Å². The van der Waals surface area contributed by atoms with Crippen LogP contribution < -0.4 is 0 Å². The Morgan fingerprint density at radius 1 is 1.15 bits per heavy atom. The zero-order valence-corrected chi connectivity index (χ0v) is 9.43. The van der Waals surface area contributed by atoms with E-state index in [1.807, 2.05) is 34.6 Å². The molecule has 0 amide bonds. The van der Waals surface area contributed by atoms with Crippen molar-refractivity contribution in [2.24, 2.45) is 5.41 Å². The van der Waals surface area contributed by atoms with Gasteiger partial charge in [0.05, 0.1) is 6.61 Å². The Balaban J connectivity index is 4.26. The molecule has 0 unspecified atom stereocenters. The van der Waals surface area contributed by atoms with Crippen LogP contribution in [0.2, 0.25) is 0 Å². The number of hydrogen-bond donors (Lipinski definition) is 0. The lowest BCUT2D eigenvalue weighted by atomic mass is 9.79. The SMILES string of the molecule is CCOC(=O)OC(C)(C)C(C)(C)C. The summed E-state index contributed by atoms with van der Waals surface area (Å²) in [5, 5.41) is 0. The fourth-order valence-corrected chi connectivity index (χ4v) is 0.509. The maximum Gasteiger partial charge on any atom is 0.508 e. The monoisotopic (exact) mass is 188 g/mol. The summed E-state index contributed by atoms with van der Waals surface area (Å²) in [6.07, 6.45) is -0.595. The molecule has 0 rings (SSSR count). The van der Waals surface area contributed by atoms with Gasteiger partial charge in [-0.1, -0.05) is 20.8 Å². The first-order chi connectivity index (χ1) is 5.70. The van der Waals surface area contributed by atoms with E-state index < -0.39 is 11.8 Å². The van der Waals surface area contributed by atoms with Crippen molar-refractivity contribution in [3.63, 3.8) is 0 Å². The maximum absolute atomic E-state index is 11.1. The molecule has 0 spiro atoms. The van der Waals surface area contributed by atoms with Crippen LogP contribution >= 0.6 is 0 Å². The zero-order chi connectivity index (χ0) is 10.7. The minimum absolute atomic E-state index is 0.0975. The van der Waals surface area contributed by atoms with E-state index >= 15 is 0 Å². The van der Waals surface area contributed by atoms with Crippen LogP contribution in [0, 0.1) is 5.41 Å². The third-order valence-corrected chi connectivity index (χ3v) is 2.41. The minimum Gasteiger partial charge on any atom is -0.435 e. The highest BCUT2D eigenvalue weighted by Gasteiger charge is 2.37. The molecule has 0 heterocycles. The molecule has 0 N–H and O–H groups in total. The van der Waals surface area contributed by atoms with Gasteiger partial charge in [0.1, 0.15) is 5.60 Å². The molecule has 3 nitrogen and oxygen atoms in total. The lowest BCUT2D eigenvalue weighted by molar-refractivity contribution is -0.0708. The third kappa shape index (κ3) is 3.66. The van der Waals surface area contributed by atoms with E-state index in [4.69, 9.17) is 9.47 Å². The number of hydrogen-bond acceptors (Lipinski definition) is 3. The first-order valence-electron chi connectivity index (χ1n) is 4.56.